The number of halogens is 2. The number of hydrogen-bond acceptors (Lipinski definition) is 4. The van der Waals surface area contributed by atoms with Crippen molar-refractivity contribution in [2.45, 2.75) is 11.3 Å². The third-order valence-electron chi connectivity index (χ3n) is 3.42. The van der Waals surface area contributed by atoms with Gasteiger partial charge in [0.1, 0.15) is 0 Å². The molecule has 3 rings (SSSR count). The molecule has 1 aromatic heterocycles. The summed E-state index contributed by atoms with van der Waals surface area (Å²) in [5.74, 6) is 0.231. The number of thioether (sulfide) groups is 1. The van der Waals surface area contributed by atoms with E-state index in [1.54, 1.807) is 23.5 Å². The molecule has 1 heterocycles. The second kappa shape index (κ2) is 8.36. The summed E-state index contributed by atoms with van der Waals surface area (Å²) >= 11 is 12.4. The van der Waals surface area contributed by atoms with Gasteiger partial charge in [0.15, 0.2) is 4.34 Å². The van der Waals surface area contributed by atoms with Crippen molar-refractivity contribution in [1.82, 2.24) is 4.98 Å². The predicted octanol–water partition coefficient (Wildman–Crippen LogP) is 6.27. The van der Waals surface area contributed by atoms with Crippen LogP contribution in [0.1, 0.15) is 5.56 Å². The molecule has 0 bridgehead atoms. The molecule has 0 atom stereocenters. The van der Waals surface area contributed by atoms with Gasteiger partial charge in [0.2, 0.25) is 5.91 Å². The number of aromatic nitrogens is 1. The van der Waals surface area contributed by atoms with Crippen LogP contribution in [0.25, 0.3) is 11.3 Å². The molecule has 128 valence electrons. The standard InChI is InChI=1S/C18H14BrClN2OS2/c1-11-2-7-14(20)8-15(11)21-17(23)10-25-18-22-16(9-24-18)12-3-5-13(19)6-4-12/h2-9H,10H2,1H3,(H,21,23). The number of thiazole rings is 1. The molecule has 0 aliphatic heterocycles. The molecule has 1 N–H and O–H groups in total. The zero-order chi connectivity index (χ0) is 17.8. The Bertz CT molecular complexity index is 896. The summed E-state index contributed by atoms with van der Waals surface area (Å²) in [5, 5.41) is 5.50. The number of aryl methyl sites for hydroxylation is 1. The summed E-state index contributed by atoms with van der Waals surface area (Å²) in [5.41, 5.74) is 3.71. The third-order valence-corrected chi connectivity index (χ3v) is 6.21. The number of benzene rings is 2. The van der Waals surface area contributed by atoms with Crippen LogP contribution in [0.15, 0.2) is 56.7 Å². The smallest absolute Gasteiger partial charge is 0.234 e. The van der Waals surface area contributed by atoms with Gasteiger partial charge in [-0.2, -0.15) is 0 Å². The van der Waals surface area contributed by atoms with Crippen LogP contribution in [0.2, 0.25) is 5.02 Å². The average molecular weight is 454 g/mol. The quantitative estimate of drug-likeness (QED) is 0.463. The molecule has 0 saturated carbocycles. The molecule has 25 heavy (non-hydrogen) atoms. The SMILES string of the molecule is Cc1ccc(Cl)cc1NC(=O)CSc1nc(-c2ccc(Br)cc2)cs1. The molecule has 3 nitrogen and oxygen atoms in total. The largest absolute Gasteiger partial charge is 0.325 e. The normalized spacial score (nSPS) is 10.7. The minimum atomic E-state index is -0.0734. The van der Waals surface area contributed by atoms with Crippen LogP contribution in [-0.4, -0.2) is 16.6 Å². The van der Waals surface area contributed by atoms with E-state index < -0.39 is 0 Å². The lowest BCUT2D eigenvalue weighted by molar-refractivity contribution is -0.113. The molecule has 0 spiro atoms. The van der Waals surface area contributed by atoms with Crippen molar-refractivity contribution in [3.63, 3.8) is 0 Å². The fourth-order valence-electron chi connectivity index (χ4n) is 2.12. The van der Waals surface area contributed by atoms with E-state index in [2.05, 4.69) is 26.2 Å². The Morgan fingerprint density at radius 3 is 2.80 bits per heavy atom. The molecule has 0 aliphatic rings. The van der Waals surface area contributed by atoms with Gasteiger partial charge in [-0.1, -0.05) is 57.5 Å². The lowest BCUT2D eigenvalue weighted by Gasteiger charge is -2.08. The van der Waals surface area contributed by atoms with Gasteiger partial charge in [0.25, 0.3) is 0 Å². The first-order valence-electron chi connectivity index (χ1n) is 7.41. The minimum Gasteiger partial charge on any atom is -0.325 e. The summed E-state index contributed by atoms with van der Waals surface area (Å²) in [6, 6.07) is 13.5. The molecule has 7 heteroatoms. The van der Waals surface area contributed by atoms with Crippen LogP contribution in [0, 0.1) is 6.92 Å². The van der Waals surface area contributed by atoms with E-state index in [9.17, 15) is 4.79 Å². The zero-order valence-corrected chi connectivity index (χ0v) is 17.2. The maximum atomic E-state index is 12.2. The summed E-state index contributed by atoms with van der Waals surface area (Å²) in [6.07, 6.45) is 0. The Kier molecular flexibility index (Phi) is 6.17. The van der Waals surface area contributed by atoms with E-state index in [-0.39, 0.29) is 5.91 Å². The van der Waals surface area contributed by atoms with Crippen molar-refractivity contribution in [2.75, 3.05) is 11.1 Å². The van der Waals surface area contributed by atoms with Crippen molar-refractivity contribution >= 4 is 62.2 Å². The van der Waals surface area contributed by atoms with Gasteiger partial charge in [0.05, 0.1) is 11.4 Å². The first kappa shape index (κ1) is 18.5. The Morgan fingerprint density at radius 1 is 1.28 bits per heavy atom. The van der Waals surface area contributed by atoms with Gasteiger partial charge in [0, 0.05) is 26.1 Å². The monoisotopic (exact) mass is 452 g/mol. The molecular formula is C18H14BrClN2OS2. The number of nitrogens with one attached hydrogen (secondary N) is 1. The predicted molar refractivity (Wildman–Crippen MR) is 111 cm³/mol. The van der Waals surface area contributed by atoms with Crippen molar-refractivity contribution in [3.8, 4) is 11.3 Å². The van der Waals surface area contributed by atoms with Crippen molar-refractivity contribution < 1.29 is 4.79 Å². The van der Waals surface area contributed by atoms with Crippen LogP contribution in [0.3, 0.4) is 0 Å². The first-order valence-corrected chi connectivity index (χ1v) is 10.4. The number of amides is 1. The highest BCUT2D eigenvalue weighted by molar-refractivity contribution is 9.10. The van der Waals surface area contributed by atoms with Gasteiger partial charge in [-0.3, -0.25) is 4.79 Å². The molecular weight excluding hydrogens is 440 g/mol. The van der Waals surface area contributed by atoms with E-state index in [1.165, 1.54) is 11.8 Å². The Morgan fingerprint density at radius 2 is 2.04 bits per heavy atom. The van der Waals surface area contributed by atoms with Gasteiger partial charge in [-0.05, 0) is 36.8 Å². The van der Waals surface area contributed by atoms with E-state index >= 15 is 0 Å². The summed E-state index contributed by atoms with van der Waals surface area (Å²) in [7, 11) is 0. The van der Waals surface area contributed by atoms with E-state index in [0.29, 0.717) is 10.8 Å². The maximum absolute atomic E-state index is 12.2. The summed E-state index contributed by atoms with van der Waals surface area (Å²) < 4.78 is 1.91. The number of carbonyl (C=O) groups excluding carboxylic acids is 1. The van der Waals surface area contributed by atoms with Crippen LogP contribution < -0.4 is 5.32 Å². The highest BCUT2D eigenvalue weighted by Crippen LogP contribution is 2.29. The Balaban J connectivity index is 1.59. The summed E-state index contributed by atoms with van der Waals surface area (Å²) in [6.45, 7) is 1.93. The van der Waals surface area contributed by atoms with Gasteiger partial charge in [-0.25, -0.2) is 4.98 Å². The van der Waals surface area contributed by atoms with Crippen molar-refractivity contribution in [2.24, 2.45) is 0 Å². The number of anilines is 1. The van der Waals surface area contributed by atoms with Crippen molar-refractivity contribution in [3.05, 3.63) is 62.9 Å². The molecule has 1 amide bonds. The van der Waals surface area contributed by atoms with E-state index in [0.717, 1.165) is 31.3 Å². The fourth-order valence-corrected chi connectivity index (χ4v) is 4.19. The second-order valence-electron chi connectivity index (χ2n) is 5.30. The van der Waals surface area contributed by atoms with Gasteiger partial charge in [-0.15, -0.1) is 11.3 Å². The highest BCUT2D eigenvalue weighted by Gasteiger charge is 2.10. The Labute approximate surface area is 168 Å². The number of rotatable bonds is 5. The number of nitrogens with zero attached hydrogens (tertiary/aromatic N) is 1. The topological polar surface area (TPSA) is 42.0 Å². The lowest BCUT2D eigenvalue weighted by atomic mass is 10.2. The fraction of sp³-hybridized carbons (Fsp3) is 0.111. The van der Waals surface area contributed by atoms with Crippen LogP contribution >= 0.6 is 50.6 Å². The number of carbonyl (C=O) groups is 1. The van der Waals surface area contributed by atoms with Crippen LogP contribution in [-0.2, 0) is 4.79 Å². The molecule has 2 aromatic carbocycles. The van der Waals surface area contributed by atoms with Gasteiger partial charge < -0.3 is 5.32 Å². The lowest BCUT2D eigenvalue weighted by Crippen LogP contribution is -2.14. The summed E-state index contributed by atoms with van der Waals surface area (Å²) in [4.78, 5) is 16.7. The molecule has 0 unspecified atom stereocenters. The second-order valence-corrected chi connectivity index (χ2v) is 8.73. The molecule has 0 radical (unpaired) electrons. The molecule has 0 fully saturated rings. The first-order chi connectivity index (χ1) is 12.0. The minimum absolute atomic E-state index is 0.0734. The zero-order valence-electron chi connectivity index (χ0n) is 13.3. The van der Waals surface area contributed by atoms with Crippen LogP contribution in [0.5, 0.6) is 0 Å². The molecule has 0 aliphatic carbocycles. The molecule has 0 saturated heterocycles. The molecule has 3 aromatic rings. The van der Waals surface area contributed by atoms with Crippen molar-refractivity contribution in [1.29, 1.82) is 0 Å². The maximum Gasteiger partial charge on any atom is 0.234 e. The third kappa shape index (κ3) is 5.07. The number of hydrogen-bond donors (Lipinski definition) is 1. The Hall–Kier alpha value is -1.34. The highest BCUT2D eigenvalue weighted by atomic mass is 79.9. The van der Waals surface area contributed by atoms with E-state index in [4.69, 9.17) is 11.6 Å². The van der Waals surface area contributed by atoms with Gasteiger partial charge >= 0.3 is 0 Å². The average Bonchev–Trinajstić information content (AvgIpc) is 3.06. The van der Waals surface area contributed by atoms with E-state index in [1.807, 2.05) is 42.6 Å². The van der Waals surface area contributed by atoms with Crippen LogP contribution in [0.4, 0.5) is 5.69 Å².